The highest BCUT2D eigenvalue weighted by Gasteiger charge is 2.48. The van der Waals surface area contributed by atoms with Crippen LogP contribution in [0.15, 0.2) is 18.3 Å². The first-order valence-electron chi connectivity index (χ1n) is 6.99. The average Bonchev–Trinajstić information content (AvgIpc) is 2.68. The smallest absolute Gasteiger partial charge is 0.417 e. The van der Waals surface area contributed by atoms with Crippen molar-refractivity contribution in [2.75, 3.05) is 6.54 Å². The number of hydrogen-bond donors (Lipinski definition) is 0. The number of aryl methyl sites for hydroxylation is 1. The number of nitrogens with zero attached hydrogens (tertiary/aromatic N) is 2. The Labute approximate surface area is 118 Å². The molecule has 0 aromatic carbocycles. The Morgan fingerprint density at radius 1 is 1.30 bits per heavy atom. The Bertz CT molecular complexity index is 512. The Kier molecular flexibility index (Phi) is 4.06. The lowest BCUT2D eigenvalue weighted by atomic mass is 10.0. The summed E-state index contributed by atoms with van der Waals surface area (Å²) in [6.45, 7) is 5.87. The quantitative estimate of drug-likeness (QED) is 0.828. The van der Waals surface area contributed by atoms with Gasteiger partial charge in [0.15, 0.2) is 5.60 Å². The maximum Gasteiger partial charge on any atom is 0.417 e. The molecule has 1 aromatic heterocycles. The molecule has 20 heavy (non-hydrogen) atoms. The number of rotatable bonds is 5. The minimum Gasteiger partial charge on any atom is -0.433 e. The predicted molar refractivity (Wildman–Crippen MR) is 74.2 cm³/mol. The summed E-state index contributed by atoms with van der Waals surface area (Å²) >= 11 is 0. The highest BCUT2D eigenvalue weighted by molar-refractivity contribution is 6.02. The molecule has 2 rings (SSSR count). The third-order valence-electron chi connectivity index (χ3n) is 3.79. The fourth-order valence-corrected chi connectivity index (χ4v) is 2.11. The number of aromatic nitrogens is 1. The molecule has 1 aromatic rings. The molecule has 1 aliphatic rings. The molecule has 5 heteroatoms. The van der Waals surface area contributed by atoms with E-state index in [4.69, 9.17) is 4.74 Å². The van der Waals surface area contributed by atoms with Crippen LogP contribution in [0.5, 0.6) is 0 Å². The fourth-order valence-electron chi connectivity index (χ4n) is 2.11. The van der Waals surface area contributed by atoms with Crippen LogP contribution in [-0.4, -0.2) is 34.0 Å². The third kappa shape index (κ3) is 2.66. The van der Waals surface area contributed by atoms with Crippen LogP contribution in [0, 0.1) is 0 Å². The van der Waals surface area contributed by atoms with Crippen LogP contribution in [-0.2, 0) is 22.4 Å². The number of hydrogen-bond acceptors (Lipinski definition) is 4. The predicted octanol–water partition coefficient (Wildman–Crippen LogP) is 2.33. The number of amides is 2. The van der Waals surface area contributed by atoms with E-state index in [1.165, 1.54) is 10.5 Å². The van der Waals surface area contributed by atoms with Crippen molar-refractivity contribution in [2.45, 2.75) is 45.6 Å². The number of carbonyl (C=O) groups is 2. The zero-order chi connectivity index (χ0) is 14.8. The Morgan fingerprint density at radius 2 is 2.05 bits per heavy atom. The summed E-state index contributed by atoms with van der Waals surface area (Å²) in [4.78, 5) is 29.4. The summed E-state index contributed by atoms with van der Waals surface area (Å²) in [7, 11) is 0. The van der Waals surface area contributed by atoms with Crippen LogP contribution >= 0.6 is 0 Å². The first kappa shape index (κ1) is 14.5. The molecule has 2 amide bonds. The molecule has 0 radical (unpaired) electrons. The number of cyclic esters (lactones) is 1. The van der Waals surface area contributed by atoms with E-state index in [-0.39, 0.29) is 5.91 Å². The van der Waals surface area contributed by atoms with Gasteiger partial charge in [-0.05, 0) is 31.4 Å². The van der Waals surface area contributed by atoms with Gasteiger partial charge >= 0.3 is 6.09 Å². The molecule has 1 fully saturated rings. The highest BCUT2D eigenvalue weighted by atomic mass is 16.6. The summed E-state index contributed by atoms with van der Waals surface area (Å²) < 4.78 is 5.16. The van der Waals surface area contributed by atoms with Crippen molar-refractivity contribution >= 4 is 12.0 Å². The largest absolute Gasteiger partial charge is 0.433 e. The lowest BCUT2D eigenvalue weighted by molar-refractivity contribution is -0.135. The van der Waals surface area contributed by atoms with Gasteiger partial charge in [-0.1, -0.05) is 19.9 Å². The Hall–Kier alpha value is -1.91. The maximum atomic E-state index is 12.2. The zero-order valence-electron chi connectivity index (χ0n) is 12.2. The summed E-state index contributed by atoms with van der Waals surface area (Å²) in [6, 6.07) is 3.95. The van der Waals surface area contributed by atoms with Gasteiger partial charge in [-0.15, -0.1) is 0 Å². The van der Waals surface area contributed by atoms with Gasteiger partial charge in [0.1, 0.15) is 0 Å². The molecule has 1 aliphatic heterocycles. The molecule has 1 unspecified atom stereocenters. The van der Waals surface area contributed by atoms with Crippen LogP contribution in [0.2, 0.25) is 0 Å². The summed E-state index contributed by atoms with van der Waals surface area (Å²) in [5, 5.41) is 0. The minimum atomic E-state index is -1.00. The van der Waals surface area contributed by atoms with Crippen molar-refractivity contribution in [1.82, 2.24) is 9.88 Å². The van der Waals surface area contributed by atoms with Gasteiger partial charge in [0.2, 0.25) is 0 Å². The maximum absolute atomic E-state index is 12.2. The molecule has 0 bridgehead atoms. The van der Waals surface area contributed by atoms with Crippen molar-refractivity contribution in [3.63, 3.8) is 0 Å². The minimum absolute atomic E-state index is 0.254. The van der Waals surface area contributed by atoms with E-state index in [1.54, 1.807) is 6.92 Å². The van der Waals surface area contributed by atoms with Crippen molar-refractivity contribution in [3.8, 4) is 0 Å². The van der Waals surface area contributed by atoms with Crippen molar-refractivity contribution < 1.29 is 14.3 Å². The average molecular weight is 276 g/mol. The molecule has 108 valence electrons. The third-order valence-corrected chi connectivity index (χ3v) is 3.79. The first-order chi connectivity index (χ1) is 9.50. The van der Waals surface area contributed by atoms with Gasteiger partial charge < -0.3 is 4.74 Å². The van der Waals surface area contributed by atoms with E-state index in [0.29, 0.717) is 19.4 Å². The van der Waals surface area contributed by atoms with Gasteiger partial charge in [-0.25, -0.2) is 9.69 Å². The van der Waals surface area contributed by atoms with Crippen LogP contribution < -0.4 is 0 Å². The molecule has 1 atom stereocenters. The van der Waals surface area contributed by atoms with Crippen LogP contribution in [0.1, 0.15) is 38.4 Å². The zero-order valence-corrected chi connectivity index (χ0v) is 12.2. The molecule has 0 aliphatic carbocycles. The summed E-state index contributed by atoms with van der Waals surface area (Å²) in [6.07, 6.45) is 3.25. The lowest BCUT2D eigenvalue weighted by Crippen LogP contribution is -2.39. The van der Waals surface area contributed by atoms with Crippen molar-refractivity contribution in [2.24, 2.45) is 0 Å². The van der Waals surface area contributed by atoms with Gasteiger partial charge in [-0.2, -0.15) is 0 Å². The van der Waals surface area contributed by atoms with Crippen LogP contribution in [0.25, 0.3) is 0 Å². The monoisotopic (exact) mass is 276 g/mol. The lowest BCUT2D eigenvalue weighted by Gasteiger charge is -2.17. The van der Waals surface area contributed by atoms with E-state index >= 15 is 0 Å². The highest BCUT2D eigenvalue weighted by Crippen LogP contribution is 2.27. The molecular formula is C15H20N2O3. The van der Waals surface area contributed by atoms with E-state index in [0.717, 1.165) is 12.1 Å². The second-order valence-corrected chi connectivity index (χ2v) is 5.17. The number of imide groups is 1. The second-order valence-electron chi connectivity index (χ2n) is 5.17. The van der Waals surface area contributed by atoms with Crippen LogP contribution in [0.4, 0.5) is 4.79 Å². The first-order valence-corrected chi connectivity index (χ1v) is 6.99. The van der Waals surface area contributed by atoms with Crippen LogP contribution in [0.3, 0.4) is 0 Å². The number of pyridine rings is 1. The van der Waals surface area contributed by atoms with Gasteiger partial charge in [0.25, 0.3) is 5.91 Å². The molecule has 2 heterocycles. The molecule has 5 nitrogen and oxygen atoms in total. The van der Waals surface area contributed by atoms with Gasteiger partial charge in [0.05, 0.1) is 0 Å². The molecule has 0 saturated carbocycles. The summed E-state index contributed by atoms with van der Waals surface area (Å²) in [5.74, 6) is -0.254. The van der Waals surface area contributed by atoms with Crippen molar-refractivity contribution in [3.05, 3.63) is 29.6 Å². The molecular weight excluding hydrogens is 256 g/mol. The second kappa shape index (κ2) is 5.61. The topological polar surface area (TPSA) is 59.5 Å². The summed E-state index contributed by atoms with van der Waals surface area (Å²) in [5.41, 5.74) is 1.04. The standard InChI is InChI=1S/C15H20N2O3/c1-4-11-6-7-12(16-10-11)8-9-17-13(18)15(3,5-2)20-14(17)19/h6-7,10H,4-5,8-9H2,1-3H3. The van der Waals surface area contributed by atoms with Crippen molar-refractivity contribution in [1.29, 1.82) is 0 Å². The fraction of sp³-hybridized carbons (Fsp3) is 0.533. The number of ether oxygens (including phenoxy) is 1. The van der Waals surface area contributed by atoms with E-state index in [1.807, 2.05) is 25.3 Å². The Morgan fingerprint density at radius 3 is 2.55 bits per heavy atom. The normalized spacial score (nSPS) is 22.2. The van der Waals surface area contributed by atoms with Gasteiger partial charge in [-0.3, -0.25) is 9.78 Å². The molecule has 0 N–H and O–H groups in total. The molecule has 1 saturated heterocycles. The molecule has 0 spiro atoms. The van der Waals surface area contributed by atoms with E-state index in [2.05, 4.69) is 11.9 Å². The Balaban J connectivity index is 2.00. The van der Waals surface area contributed by atoms with E-state index < -0.39 is 11.7 Å². The van der Waals surface area contributed by atoms with Gasteiger partial charge in [0, 0.05) is 24.9 Å². The van der Waals surface area contributed by atoms with E-state index in [9.17, 15) is 9.59 Å². The SMILES string of the molecule is CCc1ccc(CCN2C(=O)OC(C)(CC)C2=O)nc1. The number of carbonyl (C=O) groups excluding carboxylic acids is 2.